The highest BCUT2D eigenvalue weighted by Crippen LogP contribution is 2.22. The lowest BCUT2D eigenvalue weighted by Crippen LogP contribution is -2.25. The van der Waals surface area contributed by atoms with Crippen molar-refractivity contribution in [1.82, 2.24) is 5.32 Å². The molecule has 3 rings (SSSR count). The molecule has 1 fully saturated rings. The molecule has 2 aromatic carbocycles. The first-order valence-corrected chi connectivity index (χ1v) is 9.03. The second-order valence-electron chi connectivity index (χ2n) is 5.84. The minimum absolute atomic E-state index is 0.0134. The van der Waals surface area contributed by atoms with Crippen molar-refractivity contribution in [3.63, 3.8) is 0 Å². The number of halogens is 1. The van der Waals surface area contributed by atoms with Crippen LogP contribution in [0, 0.1) is 12.7 Å². The molecule has 1 aliphatic rings. The highest BCUT2D eigenvalue weighted by molar-refractivity contribution is 7.92. The van der Waals surface area contributed by atoms with E-state index in [2.05, 4.69) is 10.0 Å². The zero-order valence-electron chi connectivity index (χ0n) is 13.0. The molecule has 1 aliphatic carbocycles. The van der Waals surface area contributed by atoms with E-state index in [9.17, 15) is 17.6 Å². The van der Waals surface area contributed by atoms with Gasteiger partial charge in [-0.3, -0.25) is 9.52 Å². The molecule has 24 heavy (non-hydrogen) atoms. The molecule has 1 saturated carbocycles. The first-order valence-electron chi connectivity index (χ1n) is 7.55. The van der Waals surface area contributed by atoms with Crippen molar-refractivity contribution < 1.29 is 17.6 Å². The molecule has 126 valence electrons. The summed E-state index contributed by atoms with van der Waals surface area (Å²) in [4.78, 5) is 11.9. The van der Waals surface area contributed by atoms with Crippen LogP contribution < -0.4 is 10.0 Å². The molecule has 7 heteroatoms. The third kappa shape index (κ3) is 3.73. The SMILES string of the molecule is Cc1cc(F)ccc1S(=O)(=O)Nc1ccc(C(=O)NC2CC2)cc1. The van der Waals surface area contributed by atoms with Crippen LogP contribution in [0.4, 0.5) is 10.1 Å². The van der Waals surface area contributed by atoms with E-state index in [0.29, 0.717) is 16.8 Å². The van der Waals surface area contributed by atoms with Gasteiger partial charge in [0.1, 0.15) is 5.82 Å². The number of carbonyl (C=O) groups is 1. The van der Waals surface area contributed by atoms with E-state index in [1.807, 2.05) is 0 Å². The molecular formula is C17H17FN2O3S. The summed E-state index contributed by atoms with van der Waals surface area (Å²) in [5.41, 5.74) is 1.13. The van der Waals surface area contributed by atoms with Gasteiger partial charge in [0.2, 0.25) is 0 Å². The van der Waals surface area contributed by atoms with Crippen LogP contribution in [0.1, 0.15) is 28.8 Å². The number of anilines is 1. The minimum atomic E-state index is -3.82. The molecule has 1 amide bonds. The van der Waals surface area contributed by atoms with E-state index < -0.39 is 15.8 Å². The molecule has 2 N–H and O–H groups in total. The van der Waals surface area contributed by atoms with Gasteiger partial charge >= 0.3 is 0 Å². The van der Waals surface area contributed by atoms with Crippen LogP contribution in [0.5, 0.6) is 0 Å². The summed E-state index contributed by atoms with van der Waals surface area (Å²) in [5.74, 6) is -0.654. The van der Waals surface area contributed by atoms with Crippen molar-refractivity contribution in [3.05, 3.63) is 59.4 Å². The smallest absolute Gasteiger partial charge is 0.262 e. The van der Waals surface area contributed by atoms with Crippen molar-refractivity contribution in [2.45, 2.75) is 30.7 Å². The van der Waals surface area contributed by atoms with Crippen LogP contribution in [-0.2, 0) is 10.0 Å². The fourth-order valence-corrected chi connectivity index (χ4v) is 3.60. The molecule has 0 bridgehead atoms. The predicted octanol–water partition coefficient (Wildman–Crippen LogP) is 2.83. The van der Waals surface area contributed by atoms with E-state index >= 15 is 0 Å². The Kier molecular flexibility index (Phi) is 4.28. The molecule has 0 atom stereocenters. The molecule has 0 spiro atoms. The van der Waals surface area contributed by atoms with E-state index in [1.165, 1.54) is 31.2 Å². The van der Waals surface area contributed by atoms with Crippen LogP contribution in [0.25, 0.3) is 0 Å². The Hall–Kier alpha value is -2.41. The standard InChI is InChI=1S/C17H17FN2O3S/c1-11-10-13(18)4-9-16(11)24(22,23)20-15-5-2-12(3-6-15)17(21)19-14-7-8-14/h2-6,9-10,14,20H,7-8H2,1H3,(H,19,21). The maximum absolute atomic E-state index is 13.1. The van der Waals surface area contributed by atoms with Crippen LogP contribution >= 0.6 is 0 Å². The van der Waals surface area contributed by atoms with Gasteiger partial charge in [-0.15, -0.1) is 0 Å². The average molecular weight is 348 g/mol. The highest BCUT2D eigenvalue weighted by atomic mass is 32.2. The molecular weight excluding hydrogens is 331 g/mol. The summed E-state index contributed by atoms with van der Waals surface area (Å²) in [7, 11) is -3.82. The number of carbonyl (C=O) groups excluding carboxylic acids is 1. The number of sulfonamides is 1. The Labute approximate surface area is 139 Å². The second-order valence-corrected chi connectivity index (χ2v) is 7.49. The van der Waals surface area contributed by atoms with Crippen LogP contribution in [0.2, 0.25) is 0 Å². The van der Waals surface area contributed by atoms with Gasteiger partial charge in [0.15, 0.2) is 0 Å². The lowest BCUT2D eigenvalue weighted by Gasteiger charge is -2.11. The van der Waals surface area contributed by atoms with Gasteiger partial charge in [0.25, 0.3) is 15.9 Å². The van der Waals surface area contributed by atoms with Crippen molar-refractivity contribution in [1.29, 1.82) is 0 Å². The van der Waals surface area contributed by atoms with Crippen LogP contribution in [0.3, 0.4) is 0 Å². The maximum atomic E-state index is 13.1. The monoisotopic (exact) mass is 348 g/mol. The van der Waals surface area contributed by atoms with Crippen molar-refractivity contribution in [2.24, 2.45) is 0 Å². The van der Waals surface area contributed by atoms with E-state index in [1.54, 1.807) is 12.1 Å². The number of aryl methyl sites for hydroxylation is 1. The lowest BCUT2D eigenvalue weighted by atomic mass is 10.2. The maximum Gasteiger partial charge on any atom is 0.262 e. The number of hydrogen-bond donors (Lipinski definition) is 2. The molecule has 0 heterocycles. The summed E-state index contributed by atoms with van der Waals surface area (Å²) in [6.07, 6.45) is 2.00. The summed E-state index contributed by atoms with van der Waals surface area (Å²) in [6, 6.07) is 9.94. The summed E-state index contributed by atoms with van der Waals surface area (Å²) in [6.45, 7) is 1.53. The predicted molar refractivity (Wildman–Crippen MR) is 88.9 cm³/mol. The Bertz CT molecular complexity index is 875. The molecule has 2 aromatic rings. The summed E-state index contributed by atoms with van der Waals surface area (Å²) in [5, 5.41) is 2.86. The third-order valence-electron chi connectivity index (χ3n) is 3.74. The van der Waals surface area contributed by atoms with Crippen molar-refractivity contribution in [3.8, 4) is 0 Å². The van der Waals surface area contributed by atoms with E-state index in [4.69, 9.17) is 0 Å². The topological polar surface area (TPSA) is 75.3 Å². The van der Waals surface area contributed by atoms with Gasteiger partial charge in [0, 0.05) is 17.3 Å². The van der Waals surface area contributed by atoms with Gasteiger partial charge in [-0.2, -0.15) is 0 Å². The quantitative estimate of drug-likeness (QED) is 0.872. The number of benzene rings is 2. The first kappa shape index (κ1) is 16.4. The Morgan fingerprint density at radius 2 is 1.79 bits per heavy atom. The fraction of sp³-hybridized carbons (Fsp3) is 0.235. The highest BCUT2D eigenvalue weighted by Gasteiger charge is 2.24. The molecule has 5 nitrogen and oxygen atoms in total. The number of amides is 1. The molecule has 0 aromatic heterocycles. The van der Waals surface area contributed by atoms with Gasteiger partial charge in [0.05, 0.1) is 4.90 Å². The van der Waals surface area contributed by atoms with Crippen LogP contribution in [-0.4, -0.2) is 20.4 Å². The average Bonchev–Trinajstić information content (AvgIpc) is 3.31. The Morgan fingerprint density at radius 1 is 1.12 bits per heavy atom. The van der Waals surface area contributed by atoms with Crippen LogP contribution in [0.15, 0.2) is 47.4 Å². The zero-order valence-corrected chi connectivity index (χ0v) is 13.9. The first-order chi connectivity index (χ1) is 11.3. The van der Waals surface area contributed by atoms with Crippen molar-refractivity contribution >= 4 is 21.6 Å². The lowest BCUT2D eigenvalue weighted by molar-refractivity contribution is 0.0951. The summed E-state index contributed by atoms with van der Waals surface area (Å²) >= 11 is 0. The molecule has 0 radical (unpaired) electrons. The number of rotatable bonds is 5. The molecule has 0 aliphatic heterocycles. The largest absolute Gasteiger partial charge is 0.349 e. The van der Waals surface area contributed by atoms with Gasteiger partial charge in [-0.1, -0.05) is 0 Å². The molecule has 0 unspecified atom stereocenters. The Morgan fingerprint density at radius 3 is 2.38 bits per heavy atom. The van der Waals surface area contributed by atoms with Gasteiger partial charge < -0.3 is 5.32 Å². The molecule has 0 saturated heterocycles. The Balaban J connectivity index is 1.75. The van der Waals surface area contributed by atoms with Crippen molar-refractivity contribution in [2.75, 3.05) is 4.72 Å². The fourth-order valence-electron chi connectivity index (χ4n) is 2.31. The normalized spacial score (nSPS) is 14.2. The van der Waals surface area contributed by atoms with E-state index in [0.717, 1.165) is 18.9 Å². The van der Waals surface area contributed by atoms with Gasteiger partial charge in [-0.25, -0.2) is 12.8 Å². The number of hydrogen-bond acceptors (Lipinski definition) is 3. The third-order valence-corrected chi connectivity index (χ3v) is 5.28. The van der Waals surface area contributed by atoms with E-state index in [-0.39, 0.29) is 16.8 Å². The minimum Gasteiger partial charge on any atom is -0.349 e. The second kappa shape index (κ2) is 6.24. The van der Waals surface area contributed by atoms with Gasteiger partial charge in [-0.05, 0) is 67.8 Å². The number of nitrogens with one attached hydrogen (secondary N) is 2. The zero-order chi connectivity index (χ0) is 17.3. The summed E-state index contributed by atoms with van der Waals surface area (Å²) < 4.78 is 40.3.